The normalized spacial score (nSPS) is 21.7. The molecule has 0 aliphatic carbocycles. The van der Waals surface area contributed by atoms with E-state index in [9.17, 15) is 14.7 Å². The Kier molecular flexibility index (Phi) is 4.37. The minimum Gasteiger partial charge on any atom is -0.505 e. The molecule has 1 amide bonds. The Morgan fingerprint density at radius 2 is 1.75 bits per heavy atom. The highest BCUT2D eigenvalue weighted by Gasteiger charge is 2.34. The second-order valence-corrected chi connectivity index (χ2v) is 5.12. The first-order valence-corrected chi connectivity index (χ1v) is 6.51. The number of aromatic hydroxyl groups is 1. The van der Waals surface area contributed by atoms with Crippen LogP contribution in [-0.2, 0) is 14.3 Å². The smallest absolute Gasteiger partial charge is 0.332 e. The number of carbonyl (C=O) groups is 2. The van der Waals surface area contributed by atoms with E-state index in [1.165, 1.54) is 12.1 Å². The SMILES string of the molecule is O=C(O)C1CCC(C(=O)Nc2cc(Cl)c(O)c(Cl)c2)O1. The molecule has 1 aliphatic rings. The summed E-state index contributed by atoms with van der Waals surface area (Å²) in [7, 11) is 0. The van der Waals surface area contributed by atoms with Crippen molar-refractivity contribution >= 4 is 40.8 Å². The van der Waals surface area contributed by atoms with Gasteiger partial charge in [0, 0.05) is 5.69 Å². The molecule has 0 bridgehead atoms. The van der Waals surface area contributed by atoms with E-state index in [0.717, 1.165) is 0 Å². The molecule has 1 aliphatic heterocycles. The summed E-state index contributed by atoms with van der Waals surface area (Å²) in [4.78, 5) is 22.6. The Morgan fingerprint density at radius 3 is 2.25 bits per heavy atom. The Balaban J connectivity index is 2.04. The van der Waals surface area contributed by atoms with Crippen LogP contribution >= 0.6 is 23.2 Å². The fourth-order valence-corrected chi connectivity index (χ4v) is 2.36. The molecule has 1 fully saturated rings. The number of aliphatic carboxylic acids is 1. The van der Waals surface area contributed by atoms with Crippen molar-refractivity contribution in [3.63, 3.8) is 0 Å². The van der Waals surface area contributed by atoms with Gasteiger partial charge in [-0.1, -0.05) is 23.2 Å². The van der Waals surface area contributed by atoms with E-state index in [1.54, 1.807) is 0 Å². The molecule has 1 aromatic carbocycles. The summed E-state index contributed by atoms with van der Waals surface area (Å²) in [5.74, 6) is -1.84. The van der Waals surface area contributed by atoms with E-state index in [2.05, 4.69) is 5.32 Å². The lowest BCUT2D eigenvalue weighted by Crippen LogP contribution is -2.29. The fraction of sp³-hybridized carbons (Fsp3) is 0.333. The molecule has 0 radical (unpaired) electrons. The number of benzene rings is 1. The van der Waals surface area contributed by atoms with Gasteiger partial charge in [0.1, 0.15) is 6.10 Å². The van der Waals surface area contributed by atoms with Gasteiger partial charge >= 0.3 is 5.97 Å². The zero-order valence-electron chi connectivity index (χ0n) is 10.1. The maximum Gasteiger partial charge on any atom is 0.332 e. The van der Waals surface area contributed by atoms with Crippen LogP contribution < -0.4 is 5.32 Å². The fourth-order valence-electron chi connectivity index (χ4n) is 1.87. The van der Waals surface area contributed by atoms with Crippen LogP contribution in [0.5, 0.6) is 5.75 Å². The Morgan fingerprint density at radius 1 is 1.20 bits per heavy atom. The molecule has 0 saturated carbocycles. The average molecular weight is 320 g/mol. The average Bonchev–Trinajstić information content (AvgIpc) is 2.85. The third-order valence-corrected chi connectivity index (χ3v) is 3.45. The van der Waals surface area contributed by atoms with Crippen molar-refractivity contribution in [2.75, 3.05) is 5.32 Å². The number of amides is 1. The van der Waals surface area contributed by atoms with Crippen LogP contribution in [0, 0.1) is 0 Å². The van der Waals surface area contributed by atoms with Crippen molar-refractivity contribution in [1.82, 2.24) is 0 Å². The van der Waals surface area contributed by atoms with Crippen LogP contribution in [0.15, 0.2) is 12.1 Å². The molecule has 2 rings (SSSR count). The van der Waals surface area contributed by atoms with E-state index < -0.39 is 24.1 Å². The number of anilines is 1. The molecular formula is C12H11Cl2NO5. The zero-order valence-corrected chi connectivity index (χ0v) is 11.6. The second-order valence-electron chi connectivity index (χ2n) is 4.31. The Hall–Kier alpha value is -1.50. The maximum absolute atomic E-state index is 11.9. The highest BCUT2D eigenvalue weighted by atomic mass is 35.5. The molecule has 2 atom stereocenters. The number of carbonyl (C=O) groups excluding carboxylic acids is 1. The highest BCUT2D eigenvalue weighted by molar-refractivity contribution is 6.37. The summed E-state index contributed by atoms with van der Waals surface area (Å²) in [6.45, 7) is 0. The van der Waals surface area contributed by atoms with Crippen LogP contribution in [0.4, 0.5) is 5.69 Å². The number of hydrogen-bond donors (Lipinski definition) is 3. The molecule has 20 heavy (non-hydrogen) atoms. The van der Waals surface area contributed by atoms with Gasteiger partial charge < -0.3 is 20.3 Å². The molecule has 8 heteroatoms. The zero-order chi connectivity index (χ0) is 14.9. The summed E-state index contributed by atoms with van der Waals surface area (Å²) < 4.78 is 5.11. The van der Waals surface area contributed by atoms with Crippen molar-refractivity contribution in [2.45, 2.75) is 25.0 Å². The molecule has 0 aromatic heterocycles. The number of carboxylic acids is 1. The first-order valence-electron chi connectivity index (χ1n) is 5.75. The number of phenolic OH excluding ortho intramolecular Hbond substituents is 1. The summed E-state index contributed by atoms with van der Waals surface area (Å²) in [5, 5.41) is 20.7. The predicted octanol–water partition coefficient (Wildman–Crippen LogP) is 2.27. The highest BCUT2D eigenvalue weighted by Crippen LogP contribution is 2.34. The first kappa shape index (κ1) is 14.9. The van der Waals surface area contributed by atoms with Crippen molar-refractivity contribution in [3.05, 3.63) is 22.2 Å². The third kappa shape index (κ3) is 3.15. The molecule has 1 heterocycles. The number of hydrogen-bond acceptors (Lipinski definition) is 4. The quantitative estimate of drug-likeness (QED) is 0.743. The van der Waals surface area contributed by atoms with Crippen LogP contribution in [0.25, 0.3) is 0 Å². The number of carboxylic acid groups (broad SMARTS) is 1. The second kappa shape index (κ2) is 5.87. The molecule has 0 spiro atoms. The van der Waals surface area contributed by atoms with Gasteiger partial charge in [0.25, 0.3) is 5.91 Å². The first-order chi connectivity index (χ1) is 9.38. The van der Waals surface area contributed by atoms with E-state index in [0.29, 0.717) is 12.1 Å². The van der Waals surface area contributed by atoms with Gasteiger partial charge in [-0.3, -0.25) is 4.79 Å². The van der Waals surface area contributed by atoms with Gasteiger partial charge in [-0.15, -0.1) is 0 Å². The van der Waals surface area contributed by atoms with E-state index in [1.807, 2.05) is 0 Å². The lowest BCUT2D eigenvalue weighted by molar-refractivity contribution is -0.150. The standard InChI is InChI=1S/C12H11Cl2NO5/c13-6-3-5(4-7(14)10(6)16)15-11(17)8-1-2-9(20-8)12(18)19/h3-4,8-9,16H,1-2H2,(H,15,17)(H,18,19). The van der Waals surface area contributed by atoms with Gasteiger partial charge in [-0.05, 0) is 25.0 Å². The Bertz CT molecular complexity index is 540. The van der Waals surface area contributed by atoms with Crippen LogP contribution in [0.2, 0.25) is 10.0 Å². The topological polar surface area (TPSA) is 95.9 Å². The molecule has 2 unspecified atom stereocenters. The van der Waals surface area contributed by atoms with Crippen LogP contribution in [0.1, 0.15) is 12.8 Å². The lowest BCUT2D eigenvalue weighted by atomic mass is 10.2. The van der Waals surface area contributed by atoms with Gasteiger partial charge in [-0.2, -0.15) is 0 Å². The Labute approximate surface area is 124 Å². The summed E-state index contributed by atoms with van der Waals surface area (Å²) in [5.41, 5.74) is 0.296. The van der Waals surface area contributed by atoms with E-state index in [-0.39, 0.29) is 22.2 Å². The molecule has 108 valence electrons. The minimum atomic E-state index is -1.09. The summed E-state index contributed by atoms with van der Waals surface area (Å²) >= 11 is 11.5. The number of halogens is 2. The van der Waals surface area contributed by atoms with Crippen LogP contribution in [-0.4, -0.2) is 34.3 Å². The third-order valence-electron chi connectivity index (χ3n) is 2.87. The van der Waals surface area contributed by atoms with Crippen molar-refractivity contribution < 1.29 is 24.5 Å². The van der Waals surface area contributed by atoms with E-state index in [4.69, 9.17) is 33.0 Å². The molecule has 6 nitrogen and oxygen atoms in total. The molecule has 1 saturated heterocycles. The molecular weight excluding hydrogens is 309 g/mol. The monoisotopic (exact) mass is 319 g/mol. The van der Waals surface area contributed by atoms with Crippen LogP contribution in [0.3, 0.4) is 0 Å². The van der Waals surface area contributed by atoms with E-state index >= 15 is 0 Å². The van der Waals surface area contributed by atoms with Gasteiger partial charge in [0.05, 0.1) is 10.0 Å². The van der Waals surface area contributed by atoms with Gasteiger partial charge in [0.2, 0.25) is 0 Å². The number of ether oxygens (including phenoxy) is 1. The van der Waals surface area contributed by atoms with Crippen molar-refractivity contribution in [3.8, 4) is 5.75 Å². The number of nitrogens with one attached hydrogen (secondary N) is 1. The maximum atomic E-state index is 11.9. The number of rotatable bonds is 3. The lowest BCUT2D eigenvalue weighted by Gasteiger charge is -2.12. The minimum absolute atomic E-state index is 0.00329. The van der Waals surface area contributed by atoms with Gasteiger partial charge in [0.15, 0.2) is 11.9 Å². The summed E-state index contributed by atoms with van der Waals surface area (Å²) in [6, 6.07) is 2.68. The largest absolute Gasteiger partial charge is 0.505 e. The van der Waals surface area contributed by atoms with Gasteiger partial charge in [-0.25, -0.2) is 4.79 Å². The number of phenols is 1. The van der Waals surface area contributed by atoms with Crippen molar-refractivity contribution in [1.29, 1.82) is 0 Å². The molecule has 3 N–H and O–H groups in total. The predicted molar refractivity (Wildman–Crippen MR) is 72.3 cm³/mol. The molecule has 1 aromatic rings. The summed E-state index contributed by atoms with van der Waals surface area (Å²) in [6.07, 6.45) is -1.19. The van der Waals surface area contributed by atoms with Crippen molar-refractivity contribution in [2.24, 2.45) is 0 Å².